The molecule has 0 spiro atoms. The maximum atomic E-state index is 5.35. The Hall–Kier alpha value is -2.49. The first-order valence-electron chi connectivity index (χ1n) is 6.04. The largest absolute Gasteiger partial charge is 0.496 e. The van der Waals surface area contributed by atoms with Crippen LogP contribution in [0.25, 0.3) is 11.0 Å². The van der Waals surface area contributed by atoms with E-state index in [0.717, 1.165) is 16.8 Å². The fourth-order valence-corrected chi connectivity index (χ4v) is 2.08. The van der Waals surface area contributed by atoms with Gasteiger partial charge in [-0.05, 0) is 36.8 Å². The molecule has 0 amide bonds. The van der Waals surface area contributed by atoms with Crippen molar-refractivity contribution in [2.24, 2.45) is 0 Å². The molecular formula is C15H14N2O2. The Morgan fingerprint density at radius 1 is 1.16 bits per heavy atom. The normalized spacial score (nSPS) is 10.6. The monoisotopic (exact) mass is 254 g/mol. The Morgan fingerprint density at radius 3 is 2.79 bits per heavy atom. The highest BCUT2D eigenvalue weighted by Crippen LogP contribution is 2.33. The molecule has 0 saturated heterocycles. The average Bonchev–Trinajstić information content (AvgIpc) is 2.82. The summed E-state index contributed by atoms with van der Waals surface area (Å²) in [6.07, 6.45) is 0. The first kappa shape index (κ1) is 11.6. The summed E-state index contributed by atoms with van der Waals surface area (Å²) < 4.78 is 10.6. The third kappa shape index (κ3) is 2.12. The zero-order valence-electron chi connectivity index (χ0n) is 10.8. The number of hydrogen-bond acceptors (Lipinski definition) is 4. The van der Waals surface area contributed by atoms with Gasteiger partial charge in [0, 0.05) is 5.69 Å². The van der Waals surface area contributed by atoms with Crippen LogP contribution in [0.5, 0.6) is 5.75 Å². The molecule has 1 N–H and O–H groups in total. The maximum Gasteiger partial charge on any atom is 0.185 e. The molecule has 0 atom stereocenters. The number of aryl methyl sites for hydroxylation is 1. The second-order valence-corrected chi connectivity index (χ2v) is 4.36. The van der Waals surface area contributed by atoms with Crippen molar-refractivity contribution in [2.45, 2.75) is 6.92 Å². The zero-order chi connectivity index (χ0) is 13.2. The lowest BCUT2D eigenvalue weighted by molar-refractivity contribution is 0.419. The number of nitrogens with one attached hydrogen (secondary N) is 1. The van der Waals surface area contributed by atoms with Gasteiger partial charge in [-0.25, -0.2) is 0 Å². The quantitative estimate of drug-likeness (QED) is 0.770. The lowest BCUT2D eigenvalue weighted by Gasteiger charge is -2.05. The second kappa shape index (κ2) is 4.65. The molecule has 0 aliphatic carbocycles. The molecule has 0 aliphatic rings. The van der Waals surface area contributed by atoms with Gasteiger partial charge in [0.05, 0.1) is 7.11 Å². The lowest BCUT2D eigenvalue weighted by atomic mass is 10.2. The fourth-order valence-electron chi connectivity index (χ4n) is 2.08. The molecule has 0 radical (unpaired) electrons. The predicted molar refractivity (Wildman–Crippen MR) is 75.0 cm³/mol. The number of anilines is 2. The lowest BCUT2D eigenvalue weighted by Crippen LogP contribution is -1.92. The number of aromatic nitrogens is 1. The summed E-state index contributed by atoms with van der Waals surface area (Å²) in [5.41, 5.74) is 2.86. The van der Waals surface area contributed by atoms with E-state index in [2.05, 4.69) is 16.5 Å². The highest BCUT2D eigenvalue weighted by Gasteiger charge is 2.13. The van der Waals surface area contributed by atoms with Gasteiger partial charge in [-0.15, -0.1) is 0 Å². The van der Waals surface area contributed by atoms with Gasteiger partial charge in [0.1, 0.15) is 11.1 Å². The van der Waals surface area contributed by atoms with Crippen LogP contribution in [0.3, 0.4) is 0 Å². The molecule has 0 saturated carbocycles. The van der Waals surface area contributed by atoms with Crippen LogP contribution in [0.2, 0.25) is 0 Å². The maximum absolute atomic E-state index is 5.35. The molecule has 4 nitrogen and oxygen atoms in total. The molecule has 0 bridgehead atoms. The van der Waals surface area contributed by atoms with Crippen molar-refractivity contribution in [3.63, 3.8) is 0 Å². The Balaban J connectivity index is 2.06. The number of hydrogen-bond donors (Lipinski definition) is 1. The minimum atomic E-state index is 0.665. The Bertz CT molecular complexity index is 719. The highest BCUT2D eigenvalue weighted by molar-refractivity contribution is 5.95. The van der Waals surface area contributed by atoms with E-state index >= 15 is 0 Å². The molecule has 1 aromatic heterocycles. The van der Waals surface area contributed by atoms with Crippen LogP contribution in [0.15, 0.2) is 47.0 Å². The Labute approximate surface area is 111 Å². The molecular weight excluding hydrogens is 240 g/mol. The van der Waals surface area contributed by atoms with Gasteiger partial charge in [-0.2, -0.15) is 0 Å². The number of ether oxygens (including phenoxy) is 1. The molecule has 0 fully saturated rings. The van der Waals surface area contributed by atoms with Crippen molar-refractivity contribution < 1.29 is 9.26 Å². The van der Waals surface area contributed by atoms with Crippen LogP contribution >= 0.6 is 0 Å². The van der Waals surface area contributed by atoms with E-state index in [-0.39, 0.29) is 0 Å². The number of rotatable bonds is 3. The highest BCUT2D eigenvalue weighted by atomic mass is 16.5. The molecule has 3 aromatic rings. The van der Waals surface area contributed by atoms with E-state index in [1.165, 1.54) is 5.56 Å². The molecule has 0 unspecified atom stereocenters. The van der Waals surface area contributed by atoms with Gasteiger partial charge in [0.15, 0.2) is 11.4 Å². The summed E-state index contributed by atoms with van der Waals surface area (Å²) >= 11 is 0. The number of methoxy groups -OCH3 is 1. The van der Waals surface area contributed by atoms with Gasteiger partial charge in [0.2, 0.25) is 0 Å². The summed E-state index contributed by atoms with van der Waals surface area (Å²) in [6, 6.07) is 13.7. The van der Waals surface area contributed by atoms with Gasteiger partial charge in [-0.1, -0.05) is 23.4 Å². The standard InChI is InChI=1S/C15H14N2O2/c1-10-5-3-6-11(9-10)16-15-14-12(18-2)7-4-8-13(14)19-17-15/h3-9H,1-2H3,(H,16,17). The smallest absolute Gasteiger partial charge is 0.185 e. The van der Waals surface area contributed by atoms with Gasteiger partial charge >= 0.3 is 0 Å². The predicted octanol–water partition coefficient (Wildman–Crippen LogP) is 3.89. The fraction of sp³-hybridized carbons (Fsp3) is 0.133. The summed E-state index contributed by atoms with van der Waals surface area (Å²) in [6.45, 7) is 2.05. The first-order chi connectivity index (χ1) is 9.28. The van der Waals surface area contributed by atoms with Crippen LogP contribution in [-0.2, 0) is 0 Å². The minimum Gasteiger partial charge on any atom is -0.496 e. The van der Waals surface area contributed by atoms with E-state index in [1.807, 2.05) is 43.3 Å². The van der Waals surface area contributed by atoms with Gasteiger partial charge in [-0.3, -0.25) is 0 Å². The minimum absolute atomic E-state index is 0.665. The van der Waals surface area contributed by atoms with Crippen molar-refractivity contribution in [1.29, 1.82) is 0 Å². The molecule has 1 heterocycles. The van der Waals surface area contributed by atoms with Crippen molar-refractivity contribution in [1.82, 2.24) is 5.16 Å². The molecule has 3 rings (SSSR count). The zero-order valence-corrected chi connectivity index (χ0v) is 10.8. The van der Waals surface area contributed by atoms with E-state index in [0.29, 0.717) is 11.4 Å². The first-order valence-corrected chi connectivity index (χ1v) is 6.04. The molecule has 2 aromatic carbocycles. The third-order valence-electron chi connectivity index (χ3n) is 2.96. The van der Waals surface area contributed by atoms with Crippen molar-refractivity contribution in [3.8, 4) is 5.75 Å². The van der Waals surface area contributed by atoms with Crippen molar-refractivity contribution in [2.75, 3.05) is 12.4 Å². The molecule has 19 heavy (non-hydrogen) atoms. The third-order valence-corrected chi connectivity index (χ3v) is 2.96. The summed E-state index contributed by atoms with van der Waals surface area (Å²) in [4.78, 5) is 0. The number of fused-ring (bicyclic) bond motifs is 1. The Morgan fingerprint density at radius 2 is 2.00 bits per heavy atom. The topological polar surface area (TPSA) is 47.3 Å². The summed E-state index contributed by atoms with van der Waals surface area (Å²) in [7, 11) is 1.64. The van der Waals surface area contributed by atoms with Crippen LogP contribution in [0, 0.1) is 6.92 Å². The second-order valence-electron chi connectivity index (χ2n) is 4.36. The van der Waals surface area contributed by atoms with Crippen molar-refractivity contribution in [3.05, 3.63) is 48.0 Å². The summed E-state index contributed by atoms with van der Waals surface area (Å²) in [5.74, 6) is 1.41. The Kier molecular flexibility index (Phi) is 2.83. The van der Waals surface area contributed by atoms with Gasteiger partial charge in [0.25, 0.3) is 0 Å². The number of benzene rings is 2. The molecule has 0 aliphatic heterocycles. The van der Waals surface area contributed by atoms with Gasteiger partial charge < -0.3 is 14.6 Å². The van der Waals surface area contributed by atoms with E-state index in [4.69, 9.17) is 9.26 Å². The van der Waals surface area contributed by atoms with E-state index < -0.39 is 0 Å². The van der Waals surface area contributed by atoms with E-state index in [1.54, 1.807) is 7.11 Å². The molecule has 4 heteroatoms. The van der Waals surface area contributed by atoms with Crippen LogP contribution in [-0.4, -0.2) is 12.3 Å². The van der Waals surface area contributed by atoms with Crippen molar-refractivity contribution >= 4 is 22.5 Å². The summed E-state index contributed by atoms with van der Waals surface area (Å²) in [5, 5.41) is 8.17. The molecule has 96 valence electrons. The number of nitrogens with zero attached hydrogens (tertiary/aromatic N) is 1. The van der Waals surface area contributed by atoms with Crippen LogP contribution in [0.1, 0.15) is 5.56 Å². The van der Waals surface area contributed by atoms with Crippen LogP contribution in [0.4, 0.5) is 11.5 Å². The van der Waals surface area contributed by atoms with Crippen LogP contribution < -0.4 is 10.1 Å². The van der Waals surface area contributed by atoms with E-state index in [9.17, 15) is 0 Å². The SMILES string of the molecule is COc1cccc2onc(Nc3cccc(C)c3)c12. The average molecular weight is 254 g/mol.